The minimum absolute atomic E-state index is 0.0177. The lowest BCUT2D eigenvalue weighted by atomic mass is 10.1. The number of ether oxygens (including phenoxy) is 1. The quantitative estimate of drug-likeness (QED) is 0.759. The van der Waals surface area contributed by atoms with Gasteiger partial charge in [0, 0.05) is 33.0 Å². The first-order chi connectivity index (χ1) is 10.6. The fourth-order valence-electron chi connectivity index (χ4n) is 2.16. The average Bonchev–Trinajstić information content (AvgIpc) is 2.51. The molecule has 122 valence electrons. The highest BCUT2D eigenvalue weighted by molar-refractivity contribution is 5.78. The van der Waals surface area contributed by atoms with Crippen LogP contribution in [0, 0.1) is 0 Å². The molecule has 0 aliphatic carbocycles. The molecule has 1 aromatic rings. The molecule has 2 amide bonds. The number of rotatable bonds is 9. The fraction of sp³-hybridized carbons (Fsp3) is 0.529. The molecule has 0 radical (unpaired) electrons. The van der Waals surface area contributed by atoms with Crippen LogP contribution >= 0.6 is 0 Å². The van der Waals surface area contributed by atoms with E-state index in [4.69, 9.17) is 4.74 Å². The standard InChI is InChI=1S/C17H26N2O3/c1-4-12-19(14(2)20)13-10-17(21)18-11-9-15-5-7-16(22-3)8-6-15/h5-8H,4,9-13H2,1-3H3,(H,18,21). The van der Waals surface area contributed by atoms with Gasteiger partial charge in [0.05, 0.1) is 7.11 Å². The second-order valence-corrected chi connectivity index (χ2v) is 5.20. The van der Waals surface area contributed by atoms with Gasteiger partial charge in [-0.15, -0.1) is 0 Å². The lowest BCUT2D eigenvalue weighted by Crippen LogP contribution is -2.34. The van der Waals surface area contributed by atoms with Crippen LogP contribution in [0.2, 0.25) is 0 Å². The first-order valence-corrected chi connectivity index (χ1v) is 7.72. The van der Waals surface area contributed by atoms with Crippen LogP contribution in [0.1, 0.15) is 32.3 Å². The summed E-state index contributed by atoms with van der Waals surface area (Å²) in [5, 5.41) is 2.89. The van der Waals surface area contributed by atoms with E-state index in [1.165, 1.54) is 6.92 Å². The van der Waals surface area contributed by atoms with E-state index in [0.717, 1.165) is 24.2 Å². The molecule has 0 spiro atoms. The van der Waals surface area contributed by atoms with Gasteiger partial charge in [-0.1, -0.05) is 19.1 Å². The van der Waals surface area contributed by atoms with Crippen LogP contribution in [-0.2, 0) is 16.0 Å². The predicted octanol–water partition coefficient (Wildman–Crippen LogP) is 2.00. The maximum Gasteiger partial charge on any atom is 0.221 e. The Labute approximate surface area is 132 Å². The first-order valence-electron chi connectivity index (χ1n) is 7.72. The molecular weight excluding hydrogens is 280 g/mol. The lowest BCUT2D eigenvalue weighted by molar-refractivity contribution is -0.129. The second kappa shape index (κ2) is 9.82. The Morgan fingerprint density at radius 1 is 1.18 bits per heavy atom. The van der Waals surface area contributed by atoms with E-state index in [1.54, 1.807) is 12.0 Å². The van der Waals surface area contributed by atoms with Crippen LogP contribution in [0.5, 0.6) is 5.75 Å². The highest BCUT2D eigenvalue weighted by Crippen LogP contribution is 2.11. The van der Waals surface area contributed by atoms with E-state index in [-0.39, 0.29) is 11.8 Å². The normalized spacial score (nSPS) is 10.1. The molecule has 0 unspecified atom stereocenters. The van der Waals surface area contributed by atoms with E-state index < -0.39 is 0 Å². The highest BCUT2D eigenvalue weighted by Gasteiger charge is 2.09. The van der Waals surface area contributed by atoms with Crippen LogP contribution in [0.25, 0.3) is 0 Å². The summed E-state index contributed by atoms with van der Waals surface area (Å²) in [6, 6.07) is 7.80. The minimum atomic E-state index is -0.0177. The van der Waals surface area contributed by atoms with E-state index in [1.807, 2.05) is 31.2 Å². The van der Waals surface area contributed by atoms with Gasteiger partial charge in [-0.05, 0) is 30.5 Å². The molecule has 0 atom stereocenters. The van der Waals surface area contributed by atoms with E-state index in [9.17, 15) is 9.59 Å². The zero-order chi connectivity index (χ0) is 16.4. The Morgan fingerprint density at radius 2 is 1.86 bits per heavy atom. The summed E-state index contributed by atoms with van der Waals surface area (Å²) in [6.07, 6.45) is 2.03. The molecule has 22 heavy (non-hydrogen) atoms. The van der Waals surface area contributed by atoms with Crippen molar-refractivity contribution in [1.82, 2.24) is 10.2 Å². The lowest BCUT2D eigenvalue weighted by Gasteiger charge is -2.19. The fourth-order valence-corrected chi connectivity index (χ4v) is 2.16. The van der Waals surface area contributed by atoms with Crippen LogP contribution < -0.4 is 10.1 Å². The number of nitrogens with zero attached hydrogens (tertiary/aromatic N) is 1. The van der Waals surface area contributed by atoms with E-state index in [2.05, 4.69) is 5.32 Å². The summed E-state index contributed by atoms with van der Waals surface area (Å²) in [7, 11) is 1.64. The number of carbonyl (C=O) groups excluding carboxylic acids is 2. The minimum Gasteiger partial charge on any atom is -0.497 e. The molecule has 1 N–H and O–H groups in total. The summed E-state index contributed by atoms with van der Waals surface area (Å²) in [6.45, 7) is 5.34. The Hall–Kier alpha value is -2.04. The van der Waals surface area contributed by atoms with Gasteiger partial charge in [0.2, 0.25) is 11.8 Å². The topological polar surface area (TPSA) is 58.6 Å². The maximum atomic E-state index is 11.8. The second-order valence-electron chi connectivity index (χ2n) is 5.20. The van der Waals surface area contributed by atoms with E-state index in [0.29, 0.717) is 26.1 Å². The van der Waals surface area contributed by atoms with Gasteiger partial charge in [0.15, 0.2) is 0 Å². The van der Waals surface area contributed by atoms with Crippen molar-refractivity contribution in [2.75, 3.05) is 26.7 Å². The summed E-state index contributed by atoms with van der Waals surface area (Å²) >= 11 is 0. The summed E-state index contributed by atoms with van der Waals surface area (Å²) in [5.41, 5.74) is 1.15. The molecule has 0 aromatic heterocycles. The number of hydrogen-bond donors (Lipinski definition) is 1. The van der Waals surface area contributed by atoms with Crippen molar-refractivity contribution in [2.45, 2.75) is 33.1 Å². The smallest absolute Gasteiger partial charge is 0.221 e. The third-order valence-corrected chi connectivity index (χ3v) is 3.44. The van der Waals surface area contributed by atoms with Crippen LogP contribution in [0.3, 0.4) is 0 Å². The Kier molecular flexibility index (Phi) is 8.04. The number of methoxy groups -OCH3 is 1. The number of amides is 2. The van der Waals surface area contributed by atoms with Gasteiger partial charge in [0.25, 0.3) is 0 Å². The largest absolute Gasteiger partial charge is 0.497 e. The first kappa shape index (κ1) is 18.0. The van der Waals surface area contributed by atoms with Crippen molar-refractivity contribution >= 4 is 11.8 Å². The number of benzene rings is 1. The van der Waals surface area contributed by atoms with Gasteiger partial charge in [0.1, 0.15) is 5.75 Å². The molecule has 5 heteroatoms. The monoisotopic (exact) mass is 306 g/mol. The van der Waals surface area contributed by atoms with Crippen molar-refractivity contribution in [3.05, 3.63) is 29.8 Å². The molecule has 0 saturated carbocycles. The highest BCUT2D eigenvalue weighted by atomic mass is 16.5. The maximum absolute atomic E-state index is 11.8. The van der Waals surface area contributed by atoms with Crippen molar-refractivity contribution < 1.29 is 14.3 Å². The number of hydrogen-bond acceptors (Lipinski definition) is 3. The van der Waals surface area contributed by atoms with Gasteiger partial charge < -0.3 is 15.0 Å². The summed E-state index contributed by atoms with van der Waals surface area (Å²) in [5.74, 6) is 0.830. The van der Waals surface area contributed by atoms with Crippen molar-refractivity contribution in [1.29, 1.82) is 0 Å². The average molecular weight is 306 g/mol. The molecule has 0 aliphatic rings. The van der Waals surface area contributed by atoms with E-state index >= 15 is 0 Å². The van der Waals surface area contributed by atoms with Gasteiger partial charge in [-0.2, -0.15) is 0 Å². The zero-order valence-corrected chi connectivity index (χ0v) is 13.7. The molecular formula is C17H26N2O3. The van der Waals surface area contributed by atoms with Crippen molar-refractivity contribution in [2.24, 2.45) is 0 Å². The third-order valence-electron chi connectivity index (χ3n) is 3.44. The summed E-state index contributed by atoms with van der Waals surface area (Å²) in [4.78, 5) is 24.9. The van der Waals surface area contributed by atoms with Gasteiger partial charge >= 0.3 is 0 Å². The van der Waals surface area contributed by atoms with Crippen molar-refractivity contribution in [3.8, 4) is 5.75 Å². The summed E-state index contributed by atoms with van der Waals surface area (Å²) < 4.78 is 5.10. The van der Waals surface area contributed by atoms with Gasteiger partial charge in [-0.3, -0.25) is 9.59 Å². The van der Waals surface area contributed by atoms with Crippen LogP contribution in [0.4, 0.5) is 0 Å². The van der Waals surface area contributed by atoms with Crippen LogP contribution in [-0.4, -0.2) is 43.5 Å². The Morgan fingerprint density at radius 3 is 2.41 bits per heavy atom. The molecule has 1 rings (SSSR count). The molecule has 5 nitrogen and oxygen atoms in total. The third kappa shape index (κ3) is 6.61. The molecule has 0 aliphatic heterocycles. The molecule has 0 bridgehead atoms. The Bertz CT molecular complexity index is 471. The van der Waals surface area contributed by atoms with Crippen molar-refractivity contribution in [3.63, 3.8) is 0 Å². The van der Waals surface area contributed by atoms with Gasteiger partial charge in [-0.25, -0.2) is 0 Å². The van der Waals surface area contributed by atoms with Crippen LogP contribution in [0.15, 0.2) is 24.3 Å². The number of nitrogens with one attached hydrogen (secondary N) is 1. The molecule has 0 fully saturated rings. The molecule has 1 aromatic carbocycles. The molecule has 0 heterocycles. The SMILES string of the molecule is CCCN(CCC(=O)NCCc1ccc(OC)cc1)C(C)=O. The number of carbonyl (C=O) groups is 2. The molecule has 0 saturated heterocycles. The predicted molar refractivity (Wildman–Crippen MR) is 86.9 cm³/mol. The zero-order valence-electron chi connectivity index (χ0n) is 13.7. The Balaban J connectivity index is 2.26.